The van der Waals surface area contributed by atoms with Gasteiger partial charge in [0.2, 0.25) is 5.78 Å². The first-order valence-corrected chi connectivity index (χ1v) is 9.39. The molecular weight excluding hydrogens is 425 g/mol. The van der Waals surface area contributed by atoms with Crippen LogP contribution < -0.4 is 11.1 Å². The number of halogens is 2. The van der Waals surface area contributed by atoms with Crippen LogP contribution in [0.15, 0.2) is 58.1 Å². The molecule has 1 N–H and O–H groups in total. The summed E-state index contributed by atoms with van der Waals surface area (Å²) >= 11 is 11.8. The molecule has 7 nitrogen and oxygen atoms in total. The summed E-state index contributed by atoms with van der Waals surface area (Å²) in [6.45, 7) is 0. The fraction of sp³-hybridized carbons (Fsp3) is 0. The van der Waals surface area contributed by atoms with Crippen LogP contribution in [-0.4, -0.2) is 19.6 Å². The van der Waals surface area contributed by atoms with E-state index >= 15 is 0 Å². The smallest absolute Gasteiger partial charge is 0.289 e. The third-order valence-corrected chi connectivity index (χ3v) is 4.76. The number of aromatic nitrogens is 4. The second kappa shape index (κ2) is 7.95. The Bertz CT molecular complexity index is 1450. The summed E-state index contributed by atoms with van der Waals surface area (Å²) in [6, 6.07) is 15.4. The molecule has 0 fully saturated rings. The molecule has 4 aromatic rings. The van der Waals surface area contributed by atoms with Gasteiger partial charge in [0, 0.05) is 15.6 Å². The van der Waals surface area contributed by atoms with Crippen LogP contribution in [-0.2, 0) is 0 Å². The van der Waals surface area contributed by atoms with Gasteiger partial charge < -0.3 is 0 Å². The maximum atomic E-state index is 12.8. The van der Waals surface area contributed by atoms with E-state index in [0.717, 1.165) is 10.1 Å². The van der Waals surface area contributed by atoms with E-state index in [1.807, 2.05) is 6.07 Å². The number of fused-ring (bicyclic) bond motifs is 1. The van der Waals surface area contributed by atoms with Gasteiger partial charge in [0.1, 0.15) is 17.3 Å². The summed E-state index contributed by atoms with van der Waals surface area (Å²) < 4.78 is 0.904. The maximum absolute atomic E-state index is 12.8. The minimum absolute atomic E-state index is 0.00974. The monoisotopic (exact) mass is 435 g/mol. The topological polar surface area (TPSA) is 104 Å². The molecule has 0 amide bonds. The Labute approximate surface area is 179 Å². The summed E-state index contributed by atoms with van der Waals surface area (Å²) in [6.07, 6.45) is 3.12. The van der Waals surface area contributed by atoms with E-state index in [2.05, 4.69) is 15.1 Å². The van der Waals surface area contributed by atoms with Crippen molar-refractivity contribution in [2.75, 3.05) is 0 Å². The number of aromatic amines is 1. The van der Waals surface area contributed by atoms with Crippen LogP contribution in [0.5, 0.6) is 0 Å². The highest BCUT2D eigenvalue weighted by Gasteiger charge is 2.16. The normalized spacial score (nSPS) is 11.1. The molecule has 0 saturated heterocycles. The number of rotatable bonds is 3. The van der Waals surface area contributed by atoms with Crippen molar-refractivity contribution < 1.29 is 0 Å². The van der Waals surface area contributed by atoms with Crippen molar-refractivity contribution >= 4 is 41.1 Å². The van der Waals surface area contributed by atoms with E-state index in [0.29, 0.717) is 15.6 Å². The molecule has 0 bridgehead atoms. The van der Waals surface area contributed by atoms with Gasteiger partial charge in [-0.25, -0.2) is 4.98 Å². The number of nitrogens with zero attached hydrogens (tertiary/aromatic N) is 4. The van der Waals surface area contributed by atoms with E-state index < -0.39 is 11.1 Å². The quantitative estimate of drug-likeness (QED) is 0.526. The van der Waals surface area contributed by atoms with Gasteiger partial charge in [0.05, 0.1) is 5.69 Å². The summed E-state index contributed by atoms with van der Waals surface area (Å²) in [4.78, 5) is 32.1. The van der Waals surface area contributed by atoms with E-state index in [-0.39, 0.29) is 22.7 Å². The fourth-order valence-corrected chi connectivity index (χ4v) is 3.03. The predicted molar refractivity (Wildman–Crippen MR) is 115 cm³/mol. The lowest BCUT2D eigenvalue weighted by molar-refractivity contribution is 0.815. The van der Waals surface area contributed by atoms with E-state index in [9.17, 15) is 14.9 Å². The molecular formula is C21H11Cl2N5O2. The van der Waals surface area contributed by atoms with Crippen LogP contribution in [0.4, 0.5) is 0 Å². The van der Waals surface area contributed by atoms with Gasteiger partial charge in [0.25, 0.3) is 11.1 Å². The van der Waals surface area contributed by atoms with Crippen LogP contribution >= 0.6 is 23.2 Å². The summed E-state index contributed by atoms with van der Waals surface area (Å²) in [5.41, 5.74) is 0.0290. The van der Waals surface area contributed by atoms with Gasteiger partial charge >= 0.3 is 0 Å². The van der Waals surface area contributed by atoms with Crippen LogP contribution in [0.1, 0.15) is 16.8 Å². The lowest BCUT2D eigenvalue weighted by Gasteiger charge is -2.06. The van der Waals surface area contributed by atoms with Crippen LogP contribution in [0.3, 0.4) is 0 Å². The summed E-state index contributed by atoms with van der Waals surface area (Å²) in [7, 11) is 0. The first kappa shape index (κ1) is 19.6. The third-order valence-electron chi connectivity index (χ3n) is 4.26. The zero-order valence-corrected chi connectivity index (χ0v) is 16.6. The van der Waals surface area contributed by atoms with Crippen molar-refractivity contribution in [3.63, 3.8) is 0 Å². The van der Waals surface area contributed by atoms with Crippen molar-refractivity contribution in [3.8, 4) is 17.3 Å². The molecule has 0 saturated carbocycles. The molecule has 4 rings (SSSR count). The Morgan fingerprint density at radius 3 is 2.23 bits per heavy atom. The van der Waals surface area contributed by atoms with E-state index in [1.165, 1.54) is 6.08 Å². The Kier molecular flexibility index (Phi) is 5.19. The number of nitriles is 1. The molecule has 0 unspecified atom stereocenters. The van der Waals surface area contributed by atoms with E-state index in [1.54, 1.807) is 54.6 Å². The second-order valence-corrected chi connectivity index (χ2v) is 7.09. The highest BCUT2D eigenvalue weighted by Crippen LogP contribution is 2.21. The SMILES string of the molecule is N#Cc1c(-c2ccc(Cl)cc2)nc2[nH]c(=O)c(C=Cc3ccc(Cl)cc3)nn2c1=O. The van der Waals surface area contributed by atoms with Crippen molar-refractivity contribution in [2.45, 2.75) is 0 Å². The highest BCUT2D eigenvalue weighted by atomic mass is 35.5. The standard InChI is InChI=1S/C21H11Cl2N5O2/c22-14-6-1-12(2-7-14)3-10-17-19(29)26-21-25-18(13-4-8-15(23)9-5-13)16(11-24)20(30)28(21)27-17/h1-10H,(H,25,26,29). The van der Waals surface area contributed by atoms with Gasteiger partial charge in [0.15, 0.2) is 0 Å². The zero-order chi connectivity index (χ0) is 21.3. The summed E-state index contributed by atoms with van der Waals surface area (Å²) in [5.74, 6) is -0.0717. The average molecular weight is 436 g/mol. The second-order valence-electron chi connectivity index (χ2n) is 6.22. The van der Waals surface area contributed by atoms with Gasteiger partial charge in [-0.15, -0.1) is 0 Å². The molecule has 2 heterocycles. The maximum Gasteiger partial charge on any atom is 0.294 e. The number of benzene rings is 2. The molecule has 30 heavy (non-hydrogen) atoms. The fourth-order valence-electron chi connectivity index (χ4n) is 2.78. The molecule has 0 aliphatic carbocycles. The van der Waals surface area contributed by atoms with Crippen molar-refractivity contribution in [1.29, 1.82) is 5.26 Å². The molecule has 0 spiro atoms. The predicted octanol–water partition coefficient (Wildman–Crippen LogP) is 3.79. The highest BCUT2D eigenvalue weighted by molar-refractivity contribution is 6.30. The summed E-state index contributed by atoms with van der Waals surface area (Å²) in [5, 5.41) is 14.7. The Morgan fingerprint density at radius 1 is 0.967 bits per heavy atom. The number of nitrogens with one attached hydrogen (secondary N) is 1. The Morgan fingerprint density at radius 2 is 1.60 bits per heavy atom. The first-order chi connectivity index (χ1) is 14.5. The zero-order valence-electron chi connectivity index (χ0n) is 15.1. The lowest BCUT2D eigenvalue weighted by Crippen LogP contribution is -2.27. The number of hydrogen-bond acceptors (Lipinski definition) is 5. The molecule has 0 atom stereocenters. The lowest BCUT2D eigenvalue weighted by atomic mass is 10.1. The van der Waals surface area contributed by atoms with Crippen molar-refractivity contribution in [3.05, 3.63) is 96.1 Å². The molecule has 2 aromatic carbocycles. The molecule has 0 aliphatic heterocycles. The average Bonchev–Trinajstić information content (AvgIpc) is 2.74. The van der Waals surface area contributed by atoms with Crippen LogP contribution in [0, 0.1) is 11.3 Å². The minimum Gasteiger partial charge on any atom is -0.289 e. The Balaban J connectivity index is 1.86. The Hall–Kier alpha value is -3.73. The van der Waals surface area contributed by atoms with Gasteiger partial charge in [-0.1, -0.05) is 53.5 Å². The van der Waals surface area contributed by atoms with Gasteiger partial charge in [-0.05, 0) is 35.9 Å². The minimum atomic E-state index is -0.690. The molecule has 9 heteroatoms. The van der Waals surface area contributed by atoms with Gasteiger partial charge in [-0.2, -0.15) is 14.9 Å². The first-order valence-electron chi connectivity index (χ1n) is 8.63. The van der Waals surface area contributed by atoms with Crippen LogP contribution in [0.25, 0.3) is 29.2 Å². The molecule has 0 radical (unpaired) electrons. The van der Waals surface area contributed by atoms with Crippen molar-refractivity contribution in [1.82, 2.24) is 19.6 Å². The number of H-pyrrole nitrogens is 1. The number of hydrogen-bond donors (Lipinski definition) is 1. The molecule has 0 aliphatic rings. The third kappa shape index (κ3) is 3.74. The van der Waals surface area contributed by atoms with Crippen LogP contribution in [0.2, 0.25) is 10.0 Å². The molecule has 2 aromatic heterocycles. The van der Waals surface area contributed by atoms with Crippen molar-refractivity contribution in [2.24, 2.45) is 0 Å². The molecule has 146 valence electrons. The largest absolute Gasteiger partial charge is 0.294 e. The van der Waals surface area contributed by atoms with Gasteiger partial charge in [-0.3, -0.25) is 14.6 Å². The van der Waals surface area contributed by atoms with E-state index in [4.69, 9.17) is 23.2 Å².